The van der Waals surface area contributed by atoms with E-state index in [1.807, 2.05) is 0 Å². The zero-order valence-electron chi connectivity index (χ0n) is 10.2. The van der Waals surface area contributed by atoms with Crippen molar-refractivity contribution in [1.82, 2.24) is 0 Å². The molecule has 1 nitrogen and oxygen atoms in total. The number of allylic oxidation sites excluding steroid dienone is 5. The molecule has 0 unspecified atom stereocenters. The van der Waals surface area contributed by atoms with Crippen LogP contribution in [0.4, 0.5) is 13.2 Å². The zero-order valence-corrected chi connectivity index (χ0v) is 10.2. The van der Waals surface area contributed by atoms with Gasteiger partial charge in [-0.1, -0.05) is 5.57 Å². The van der Waals surface area contributed by atoms with Crippen LogP contribution in [-0.2, 0) is 0 Å². The van der Waals surface area contributed by atoms with Gasteiger partial charge in [-0.3, -0.25) is 0 Å². The van der Waals surface area contributed by atoms with Gasteiger partial charge in [0.15, 0.2) is 0 Å². The van der Waals surface area contributed by atoms with E-state index >= 15 is 0 Å². The Morgan fingerprint density at radius 2 is 1.44 bits per heavy atom. The molecular formula is C14H16F3N. The summed E-state index contributed by atoms with van der Waals surface area (Å²) < 4.78 is 40.0. The van der Waals surface area contributed by atoms with E-state index in [1.54, 1.807) is 0 Å². The van der Waals surface area contributed by atoms with E-state index in [9.17, 15) is 13.2 Å². The van der Waals surface area contributed by atoms with Gasteiger partial charge in [0, 0.05) is 5.70 Å². The Balaban J connectivity index is 2.23. The van der Waals surface area contributed by atoms with Crippen LogP contribution in [0.15, 0.2) is 33.6 Å². The fourth-order valence-electron chi connectivity index (χ4n) is 3.51. The smallest absolute Gasteiger partial charge is 0.399 e. The van der Waals surface area contributed by atoms with Gasteiger partial charge in [0.2, 0.25) is 0 Å². The normalized spacial score (nSPS) is 24.6. The average Bonchev–Trinajstić information content (AvgIpc) is 2.73. The van der Waals surface area contributed by atoms with E-state index in [1.165, 1.54) is 0 Å². The Morgan fingerprint density at radius 3 is 2.17 bits per heavy atom. The van der Waals surface area contributed by atoms with Crippen LogP contribution < -0.4 is 5.73 Å². The molecular weight excluding hydrogens is 239 g/mol. The summed E-state index contributed by atoms with van der Waals surface area (Å²) in [6.07, 6.45) is 0.469. The number of rotatable bonds is 0. The van der Waals surface area contributed by atoms with Crippen molar-refractivity contribution in [2.45, 2.75) is 51.1 Å². The first kappa shape index (κ1) is 11.9. The summed E-state index contributed by atoms with van der Waals surface area (Å²) in [5.41, 5.74) is 9.31. The molecule has 0 aliphatic heterocycles. The number of nitrogens with two attached hydrogens (primary N) is 1. The molecule has 98 valence electrons. The highest BCUT2D eigenvalue weighted by Crippen LogP contribution is 2.49. The summed E-state index contributed by atoms with van der Waals surface area (Å²) in [6.45, 7) is 0. The van der Waals surface area contributed by atoms with Crippen molar-refractivity contribution in [3.8, 4) is 0 Å². The van der Waals surface area contributed by atoms with E-state index in [0.29, 0.717) is 42.5 Å². The molecule has 0 radical (unpaired) electrons. The Morgan fingerprint density at radius 1 is 0.833 bits per heavy atom. The fourth-order valence-corrected chi connectivity index (χ4v) is 3.51. The molecule has 2 bridgehead atoms. The van der Waals surface area contributed by atoms with Gasteiger partial charge in [-0.15, -0.1) is 0 Å². The highest BCUT2D eigenvalue weighted by Gasteiger charge is 2.42. The minimum absolute atomic E-state index is 0.340. The lowest BCUT2D eigenvalue weighted by atomic mass is 9.86. The van der Waals surface area contributed by atoms with Gasteiger partial charge >= 0.3 is 6.18 Å². The van der Waals surface area contributed by atoms with Gasteiger partial charge in [0.05, 0.1) is 5.57 Å². The molecule has 3 rings (SSSR count). The van der Waals surface area contributed by atoms with E-state index in [4.69, 9.17) is 5.73 Å². The van der Waals surface area contributed by atoms with E-state index in [0.717, 1.165) is 30.4 Å². The third kappa shape index (κ3) is 1.70. The Labute approximate surface area is 104 Å². The monoisotopic (exact) mass is 255 g/mol. The number of hydrogen-bond donors (Lipinski definition) is 1. The molecule has 4 heteroatoms. The molecule has 0 amide bonds. The van der Waals surface area contributed by atoms with Gasteiger partial charge in [-0.2, -0.15) is 13.2 Å². The lowest BCUT2D eigenvalue weighted by Crippen LogP contribution is -2.17. The van der Waals surface area contributed by atoms with Gasteiger partial charge in [0.25, 0.3) is 0 Å². The predicted molar refractivity (Wildman–Crippen MR) is 63.6 cm³/mol. The summed E-state index contributed by atoms with van der Waals surface area (Å²) in [7, 11) is 0. The molecule has 18 heavy (non-hydrogen) atoms. The molecule has 0 spiro atoms. The molecule has 3 aliphatic carbocycles. The third-order valence-corrected chi connectivity index (χ3v) is 4.25. The largest absolute Gasteiger partial charge is 0.416 e. The van der Waals surface area contributed by atoms with E-state index in [-0.39, 0.29) is 5.57 Å². The second-order valence-corrected chi connectivity index (χ2v) is 5.33. The zero-order chi connectivity index (χ0) is 12.9. The number of hydrogen-bond acceptors (Lipinski definition) is 1. The number of alkyl halides is 3. The topological polar surface area (TPSA) is 26.0 Å². The molecule has 0 atom stereocenters. The summed E-state index contributed by atoms with van der Waals surface area (Å²) in [5.74, 6) is 0. The molecule has 0 aromatic heterocycles. The molecule has 3 aliphatic rings. The maximum atomic E-state index is 13.3. The number of halogens is 3. The molecule has 1 fully saturated rings. The molecule has 0 aromatic rings. The van der Waals surface area contributed by atoms with E-state index < -0.39 is 6.18 Å². The maximum Gasteiger partial charge on any atom is 0.416 e. The van der Waals surface area contributed by atoms with Crippen LogP contribution in [0.3, 0.4) is 0 Å². The van der Waals surface area contributed by atoms with Gasteiger partial charge in [0.1, 0.15) is 0 Å². The van der Waals surface area contributed by atoms with Crippen molar-refractivity contribution in [2.24, 2.45) is 5.73 Å². The molecule has 0 saturated heterocycles. The fraction of sp³-hybridized carbons (Fsp3) is 0.571. The van der Waals surface area contributed by atoms with Crippen molar-refractivity contribution >= 4 is 0 Å². The van der Waals surface area contributed by atoms with Crippen LogP contribution in [0.5, 0.6) is 0 Å². The summed E-state index contributed by atoms with van der Waals surface area (Å²) in [6, 6.07) is 0. The summed E-state index contributed by atoms with van der Waals surface area (Å²) in [5, 5.41) is 0. The summed E-state index contributed by atoms with van der Waals surface area (Å²) in [4.78, 5) is 0. The average molecular weight is 255 g/mol. The van der Waals surface area contributed by atoms with Crippen molar-refractivity contribution < 1.29 is 13.2 Å². The minimum Gasteiger partial charge on any atom is -0.399 e. The van der Waals surface area contributed by atoms with Crippen molar-refractivity contribution in [1.29, 1.82) is 0 Å². The standard InChI is InChI=1S/C14H16F3N/c15-14(16,17)12-8-3-1-4-9(7-8)13(18)11-6-2-5-10(11)12/h1-7,18H2. The van der Waals surface area contributed by atoms with Crippen molar-refractivity contribution in [3.05, 3.63) is 33.6 Å². The first-order valence-corrected chi connectivity index (χ1v) is 6.48. The van der Waals surface area contributed by atoms with Crippen LogP contribution in [0, 0.1) is 0 Å². The lowest BCUT2D eigenvalue weighted by molar-refractivity contribution is -0.0906. The first-order valence-electron chi connectivity index (χ1n) is 6.48. The third-order valence-electron chi connectivity index (χ3n) is 4.25. The van der Waals surface area contributed by atoms with Crippen LogP contribution >= 0.6 is 0 Å². The van der Waals surface area contributed by atoms with Crippen LogP contribution in [0.2, 0.25) is 0 Å². The minimum atomic E-state index is -4.23. The van der Waals surface area contributed by atoms with E-state index in [2.05, 4.69) is 0 Å². The van der Waals surface area contributed by atoms with Crippen LogP contribution in [-0.4, -0.2) is 6.18 Å². The van der Waals surface area contributed by atoms with Crippen LogP contribution in [0.1, 0.15) is 44.9 Å². The van der Waals surface area contributed by atoms with Crippen LogP contribution in [0.25, 0.3) is 0 Å². The maximum absolute atomic E-state index is 13.3. The second-order valence-electron chi connectivity index (χ2n) is 5.33. The number of fused-ring (bicyclic) bond motifs is 2. The Bertz CT molecular complexity index is 492. The SMILES string of the molecule is NC1=C2CCCC(=C(C(F)(F)F)C3=C1CCC3)C2. The van der Waals surface area contributed by atoms with Crippen molar-refractivity contribution in [2.75, 3.05) is 0 Å². The molecule has 0 aromatic carbocycles. The highest BCUT2D eigenvalue weighted by molar-refractivity contribution is 5.55. The van der Waals surface area contributed by atoms with Gasteiger partial charge in [-0.25, -0.2) is 0 Å². The lowest BCUT2D eigenvalue weighted by Gasteiger charge is -2.22. The highest BCUT2D eigenvalue weighted by atomic mass is 19.4. The predicted octanol–water partition coefficient (Wildman–Crippen LogP) is 4.13. The Kier molecular flexibility index (Phi) is 2.57. The summed E-state index contributed by atoms with van der Waals surface area (Å²) >= 11 is 0. The quantitative estimate of drug-likeness (QED) is 0.692. The molecule has 1 saturated carbocycles. The molecule has 0 heterocycles. The van der Waals surface area contributed by atoms with Gasteiger partial charge in [-0.05, 0) is 61.7 Å². The first-order chi connectivity index (χ1) is 8.48. The Hall–Kier alpha value is -1.19. The second kappa shape index (κ2) is 3.90. The van der Waals surface area contributed by atoms with Gasteiger partial charge < -0.3 is 5.73 Å². The molecule has 2 N–H and O–H groups in total. The van der Waals surface area contributed by atoms with Crippen molar-refractivity contribution in [3.63, 3.8) is 0 Å².